The van der Waals surface area contributed by atoms with Crippen molar-refractivity contribution in [3.63, 3.8) is 0 Å². The molecule has 0 saturated heterocycles. The summed E-state index contributed by atoms with van der Waals surface area (Å²) in [4.78, 5) is 7.84. The predicted octanol–water partition coefficient (Wildman–Crippen LogP) is 0.172. The summed E-state index contributed by atoms with van der Waals surface area (Å²) >= 11 is 2.10. The fourth-order valence-electron chi connectivity index (χ4n) is 0.923. The van der Waals surface area contributed by atoms with Gasteiger partial charge in [-0.2, -0.15) is 0 Å². The fourth-order valence-corrected chi connectivity index (χ4v) is 1.96. The molecular weight excluding hydrogens is 331 g/mol. The smallest absolute Gasteiger partial charge is 0.209 e. The van der Waals surface area contributed by atoms with E-state index in [9.17, 15) is 8.42 Å². The number of rotatable bonds is 5. The first-order chi connectivity index (χ1) is 6.99. The van der Waals surface area contributed by atoms with Crippen molar-refractivity contribution in [2.75, 3.05) is 17.6 Å². The van der Waals surface area contributed by atoms with Gasteiger partial charge in [0.05, 0.1) is 9.32 Å². The van der Waals surface area contributed by atoms with Gasteiger partial charge in [-0.25, -0.2) is 23.5 Å². The number of nitrogens with zero attached hydrogens (tertiary/aromatic N) is 2. The molecule has 1 heterocycles. The molecule has 0 saturated carbocycles. The molecule has 84 valence electrons. The lowest BCUT2D eigenvalue weighted by molar-refractivity contribution is 0.595. The third-order valence-corrected chi connectivity index (χ3v) is 3.21. The highest BCUT2D eigenvalue weighted by atomic mass is 127. The van der Waals surface area contributed by atoms with E-state index in [-0.39, 0.29) is 5.75 Å². The summed E-state index contributed by atoms with van der Waals surface area (Å²) in [5.74, 6) is 0.682. The van der Waals surface area contributed by atoms with Crippen molar-refractivity contribution >= 4 is 38.4 Å². The van der Waals surface area contributed by atoms with Crippen molar-refractivity contribution in [2.24, 2.45) is 5.14 Å². The van der Waals surface area contributed by atoms with Gasteiger partial charge in [0.2, 0.25) is 10.0 Å². The van der Waals surface area contributed by atoms with E-state index in [0.717, 1.165) is 3.57 Å². The quantitative estimate of drug-likeness (QED) is 0.587. The Morgan fingerprint density at radius 3 is 2.87 bits per heavy atom. The summed E-state index contributed by atoms with van der Waals surface area (Å²) in [6, 6.07) is 0. The lowest BCUT2D eigenvalue weighted by Gasteiger charge is -2.05. The van der Waals surface area contributed by atoms with Crippen LogP contribution < -0.4 is 10.5 Å². The van der Waals surface area contributed by atoms with Crippen LogP contribution in [0.1, 0.15) is 6.42 Å². The van der Waals surface area contributed by atoms with E-state index < -0.39 is 10.0 Å². The molecule has 0 unspecified atom stereocenters. The van der Waals surface area contributed by atoms with Crippen LogP contribution in [-0.4, -0.2) is 30.7 Å². The summed E-state index contributed by atoms with van der Waals surface area (Å²) in [5, 5.41) is 7.87. The molecule has 0 aromatic carbocycles. The van der Waals surface area contributed by atoms with Crippen LogP contribution in [0.2, 0.25) is 0 Å². The number of primary sulfonamides is 1. The monoisotopic (exact) mass is 342 g/mol. The molecule has 15 heavy (non-hydrogen) atoms. The zero-order chi connectivity index (χ0) is 11.3. The maximum atomic E-state index is 10.6. The van der Waals surface area contributed by atoms with Gasteiger partial charge in [0.15, 0.2) is 0 Å². The van der Waals surface area contributed by atoms with Crippen LogP contribution in [0.3, 0.4) is 0 Å². The van der Waals surface area contributed by atoms with Crippen LogP contribution >= 0.6 is 22.6 Å². The summed E-state index contributed by atoms with van der Waals surface area (Å²) in [6.07, 6.45) is 3.57. The Kier molecular flexibility index (Phi) is 4.67. The number of hydrogen-bond acceptors (Lipinski definition) is 5. The SMILES string of the molecule is NS(=O)(=O)CCCNc1ncncc1I. The molecule has 0 bridgehead atoms. The second-order valence-corrected chi connectivity index (χ2v) is 5.76. The van der Waals surface area contributed by atoms with Gasteiger partial charge in [0.1, 0.15) is 12.1 Å². The van der Waals surface area contributed by atoms with Gasteiger partial charge in [-0.3, -0.25) is 0 Å². The van der Waals surface area contributed by atoms with Crippen LogP contribution in [0.4, 0.5) is 5.82 Å². The third kappa shape index (κ3) is 5.23. The average molecular weight is 342 g/mol. The van der Waals surface area contributed by atoms with Crippen molar-refractivity contribution in [3.05, 3.63) is 16.1 Å². The molecule has 0 atom stereocenters. The lowest BCUT2D eigenvalue weighted by atomic mass is 10.4. The van der Waals surface area contributed by atoms with E-state index in [2.05, 4.69) is 37.9 Å². The number of halogens is 1. The van der Waals surface area contributed by atoms with Crippen LogP contribution in [0.25, 0.3) is 0 Å². The Bertz CT molecular complexity index is 423. The minimum atomic E-state index is -3.36. The van der Waals surface area contributed by atoms with Crippen molar-refractivity contribution < 1.29 is 8.42 Å². The Morgan fingerprint density at radius 1 is 1.53 bits per heavy atom. The van der Waals surface area contributed by atoms with Crippen LogP contribution in [0.15, 0.2) is 12.5 Å². The minimum Gasteiger partial charge on any atom is -0.369 e. The number of sulfonamides is 1. The van der Waals surface area contributed by atoms with Gasteiger partial charge in [0.25, 0.3) is 0 Å². The Labute approximate surface area is 102 Å². The van der Waals surface area contributed by atoms with Gasteiger partial charge in [-0.1, -0.05) is 0 Å². The molecule has 0 radical (unpaired) electrons. The lowest BCUT2D eigenvalue weighted by Crippen LogP contribution is -2.19. The van der Waals surface area contributed by atoms with E-state index in [1.54, 1.807) is 6.20 Å². The van der Waals surface area contributed by atoms with Gasteiger partial charge >= 0.3 is 0 Å². The zero-order valence-electron chi connectivity index (χ0n) is 7.85. The molecule has 0 spiro atoms. The fraction of sp³-hybridized carbons (Fsp3) is 0.429. The van der Waals surface area contributed by atoms with E-state index in [1.165, 1.54) is 6.33 Å². The minimum absolute atomic E-state index is 0.0261. The molecule has 0 aliphatic heterocycles. The van der Waals surface area contributed by atoms with Crippen molar-refractivity contribution in [2.45, 2.75) is 6.42 Å². The van der Waals surface area contributed by atoms with E-state index in [4.69, 9.17) is 5.14 Å². The summed E-state index contributed by atoms with van der Waals surface area (Å²) in [5.41, 5.74) is 0. The molecule has 1 aromatic heterocycles. The Balaban J connectivity index is 2.36. The first kappa shape index (κ1) is 12.6. The normalized spacial score (nSPS) is 11.3. The second kappa shape index (κ2) is 5.56. The van der Waals surface area contributed by atoms with Crippen molar-refractivity contribution in [1.82, 2.24) is 9.97 Å². The summed E-state index contributed by atoms with van der Waals surface area (Å²) < 4.78 is 22.2. The van der Waals surface area contributed by atoms with E-state index in [1.807, 2.05) is 0 Å². The van der Waals surface area contributed by atoms with Gasteiger partial charge in [-0.15, -0.1) is 0 Å². The zero-order valence-corrected chi connectivity index (χ0v) is 10.8. The second-order valence-electron chi connectivity index (χ2n) is 2.87. The van der Waals surface area contributed by atoms with E-state index >= 15 is 0 Å². The Morgan fingerprint density at radius 2 is 2.27 bits per heavy atom. The predicted molar refractivity (Wildman–Crippen MR) is 65.8 cm³/mol. The van der Waals surface area contributed by atoms with Crippen molar-refractivity contribution in [1.29, 1.82) is 0 Å². The van der Waals surface area contributed by atoms with Crippen LogP contribution in [-0.2, 0) is 10.0 Å². The molecule has 0 fully saturated rings. The first-order valence-electron chi connectivity index (χ1n) is 4.19. The molecule has 6 nitrogen and oxygen atoms in total. The molecule has 0 aliphatic carbocycles. The topological polar surface area (TPSA) is 98.0 Å². The summed E-state index contributed by atoms with van der Waals surface area (Å²) in [7, 11) is -3.36. The molecule has 3 N–H and O–H groups in total. The third-order valence-electron chi connectivity index (χ3n) is 1.57. The van der Waals surface area contributed by atoms with Gasteiger partial charge in [-0.05, 0) is 29.0 Å². The highest BCUT2D eigenvalue weighted by Gasteiger charge is 2.03. The Hall–Kier alpha value is -0.480. The average Bonchev–Trinajstić information content (AvgIpc) is 2.13. The highest BCUT2D eigenvalue weighted by molar-refractivity contribution is 14.1. The highest BCUT2D eigenvalue weighted by Crippen LogP contribution is 2.11. The largest absolute Gasteiger partial charge is 0.369 e. The first-order valence-corrected chi connectivity index (χ1v) is 6.98. The van der Waals surface area contributed by atoms with Crippen molar-refractivity contribution in [3.8, 4) is 0 Å². The molecule has 8 heteroatoms. The molecular formula is C7H11IN4O2S. The molecule has 0 aliphatic rings. The molecule has 1 rings (SSSR count). The van der Waals surface area contributed by atoms with Crippen LogP contribution in [0.5, 0.6) is 0 Å². The number of hydrogen-bond donors (Lipinski definition) is 2. The summed E-state index contributed by atoms with van der Waals surface area (Å²) in [6.45, 7) is 0.517. The number of nitrogens with one attached hydrogen (secondary N) is 1. The number of aromatic nitrogens is 2. The van der Waals surface area contributed by atoms with Gasteiger partial charge in [0, 0.05) is 12.7 Å². The molecule has 0 amide bonds. The molecule has 1 aromatic rings. The van der Waals surface area contributed by atoms with Gasteiger partial charge < -0.3 is 5.32 Å². The van der Waals surface area contributed by atoms with Crippen LogP contribution in [0, 0.1) is 3.57 Å². The maximum Gasteiger partial charge on any atom is 0.209 e. The maximum absolute atomic E-state index is 10.6. The standard InChI is InChI=1S/C7H11IN4O2S/c8-6-4-10-5-12-7(6)11-2-1-3-15(9,13)14/h4-5H,1-3H2,(H2,9,13,14)(H,10,11,12). The number of nitrogens with two attached hydrogens (primary N) is 1. The number of anilines is 1. The van der Waals surface area contributed by atoms with E-state index in [0.29, 0.717) is 18.8 Å².